The number of rotatable bonds is 8. The number of fused-ring (bicyclic) bond motifs is 1. The number of hydrogen-bond donors (Lipinski definition) is 2. The Kier molecular flexibility index (Phi) is 7.16. The molecule has 0 fully saturated rings. The Balaban J connectivity index is 1.29. The molecule has 0 atom stereocenters. The van der Waals surface area contributed by atoms with E-state index in [-0.39, 0.29) is 23.2 Å². The number of anilines is 2. The Labute approximate surface area is 208 Å². The van der Waals surface area contributed by atoms with Crippen molar-refractivity contribution in [2.24, 2.45) is 0 Å². The van der Waals surface area contributed by atoms with Crippen LogP contribution in [0, 0.1) is 0 Å². The maximum absolute atomic E-state index is 12.4. The van der Waals surface area contributed by atoms with Crippen molar-refractivity contribution in [3.63, 3.8) is 0 Å². The monoisotopic (exact) mass is 491 g/mol. The SMILES string of the molecule is CC(=O)Nc1ccc(-c2csc3nc(NC(=O)CCCOc4ccc(C(C)(C)C)cc4)nn23)cc1. The molecular formula is C26H29N5O3S. The lowest BCUT2D eigenvalue weighted by molar-refractivity contribution is -0.116. The van der Waals surface area contributed by atoms with Gasteiger partial charge in [-0.1, -0.05) is 45.0 Å². The molecule has 35 heavy (non-hydrogen) atoms. The number of thiazole rings is 1. The number of carbonyl (C=O) groups is 2. The second kappa shape index (κ2) is 10.3. The van der Waals surface area contributed by atoms with Crippen molar-refractivity contribution in [1.82, 2.24) is 14.6 Å². The number of hydrogen-bond acceptors (Lipinski definition) is 6. The Morgan fingerprint density at radius 3 is 2.40 bits per heavy atom. The van der Waals surface area contributed by atoms with Crippen LogP contribution in [-0.2, 0) is 15.0 Å². The zero-order valence-corrected chi connectivity index (χ0v) is 21.1. The first-order valence-electron chi connectivity index (χ1n) is 11.4. The van der Waals surface area contributed by atoms with Crippen LogP contribution in [0.1, 0.15) is 46.1 Å². The molecule has 4 aromatic rings. The Morgan fingerprint density at radius 2 is 1.74 bits per heavy atom. The van der Waals surface area contributed by atoms with Crippen molar-refractivity contribution in [1.29, 1.82) is 0 Å². The number of amides is 2. The molecule has 9 heteroatoms. The highest BCUT2D eigenvalue weighted by molar-refractivity contribution is 7.15. The average Bonchev–Trinajstić information content (AvgIpc) is 3.37. The zero-order valence-electron chi connectivity index (χ0n) is 20.3. The van der Waals surface area contributed by atoms with Crippen LogP contribution >= 0.6 is 11.3 Å². The molecule has 0 radical (unpaired) electrons. The Bertz CT molecular complexity index is 1320. The van der Waals surface area contributed by atoms with Gasteiger partial charge in [0.2, 0.25) is 22.7 Å². The lowest BCUT2D eigenvalue weighted by Gasteiger charge is -2.19. The second-order valence-corrected chi connectivity index (χ2v) is 10.1. The first-order chi connectivity index (χ1) is 16.7. The third-order valence-corrected chi connectivity index (χ3v) is 6.19. The van der Waals surface area contributed by atoms with Gasteiger partial charge in [0.05, 0.1) is 12.3 Å². The summed E-state index contributed by atoms with van der Waals surface area (Å²) in [5.41, 5.74) is 3.87. The predicted octanol–water partition coefficient (Wildman–Crippen LogP) is 5.51. The molecule has 0 aliphatic heterocycles. The number of nitrogens with zero attached hydrogens (tertiary/aromatic N) is 3. The van der Waals surface area contributed by atoms with Gasteiger partial charge in [-0.2, -0.15) is 4.98 Å². The molecule has 0 bridgehead atoms. The minimum Gasteiger partial charge on any atom is -0.494 e. The maximum atomic E-state index is 12.4. The lowest BCUT2D eigenvalue weighted by atomic mass is 9.87. The van der Waals surface area contributed by atoms with Crippen molar-refractivity contribution in [3.05, 3.63) is 59.5 Å². The molecule has 0 spiro atoms. The van der Waals surface area contributed by atoms with E-state index >= 15 is 0 Å². The quantitative estimate of drug-likeness (QED) is 0.317. The molecule has 8 nitrogen and oxygen atoms in total. The summed E-state index contributed by atoms with van der Waals surface area (Å²) in [5, 5.41) is 11.9. The summed E-state index contributed by atoms with van der Waals surface area (Å²) in [6.45, 7) is 8.45. The van der Waals surface area contributed by atoms with E-state index in [4.69, 9.17) is 4.74 Å². The van der Waals surface area contributed by atoms with E-state index in [0.29, 0.717) is 24.4 Å². The van der Waals surface area contributed by atoms with Crippen molar-refractivity contribution in [2.75, 3.05) is 17.2 Å². The van der Waals surface area contributed by atoms with Crippen LogP contribution in [-0.4, -0.2) is 33.0 Å². The lowest BCUT2D eigenvalue weighted by Crippen LogP contribution is -2.14. The Hall–Kier alpha value is -3.72. The highest BCUT2D eigenvalue weighted by Gasteiger charge is 2.14. The Morgan fingerprint density at radius 1 is 1.03 bits per heavy atom. The van der Waals surface area contributed by atoms with Gasteiger partial charge < -0.3 is 10.1 Å². The summed E-state index contributed by atoms with van der Waals surface area (Å²) in [5.74, 6) is 0.800. The van der Waals surface area contributed by atoms with Crippen molar-refractivity contribution >= 4 is 39.7 Å². The van der Waals surface area contributed by atoms with Crippen LogP contribution < -0.4 is 15.4 Å². The fourth-order valence-electron chi connectivity index (χ4n) is 3.52. The average molecular weight is 492 g/mol. The maximum Gasteiger partial charge on any atom is 0.250 e. The van der Waals surface area contributed by atoms with Gasteiger partial charge in [-0.05, 0) is 41.7 Å². The molecule has 0 saturated heterocycles. The van der Waals surface area contributed by atoms with E-state index in [1.54, 1.807) is 4.52 Å². The van der Waals surface area contributed by atoms with E-state index in [1.807, 2.05) is 41.8 Å². The number of benzene rings is 2. The van der Waals surface area contributed by atoms with Crippen LogP contribution in [0.2, 0.25) is 0 Å². The number of nitrogens with one attached hydrogen (secondary N) is 2. The predicted molar refractivity (Wildman–Crippen MR) is 139 cm³/mol. The zero-order chi connectivity index (χ0) is 25.0. The first-order valence-corrected chi connectivity index (χ1v) is 12.3. The minimum absolute atomic E-state index is 0.103. The van der Waals surface area contributed by atoms with Gasteiger partial charge in [0.1, 0.15) is 5.75 Å². The summed E-state index contributed by atoms with van der Waals surface area (Å²) in [6.07, 6.45) is 0.894. The van der Waals surface area contributed by atoms with Crippen LogP contribution in [0.5, 0.6) is 5.75 Å². The van der Waals surface area contributed by atoms with Crippen LogP contribution in [0.25, 0.3) is 16.2 Å². The van der Waals surface area contributed by atoms with Gasteiger partial charge in [-0.15, -0.1) is 16.4 Å². The van der Waals surface area contributed by atoms with Gasteiger partial charge >= 0.3 is 0 Å². The van der Waals surface area contributed by atoms with Gasteiger partial charge in [0.15, 0.2) is 0 Å². The second-order valence-electron chi connectivity index (χ2n) is 9.28. The smallest absolute Gasteiger partial charge is 0.250 e. The molecule has 0 aliphatic carbocycles. The van der Waals surface area contributed by atoms with Crippen molar-refractivity contribution in [3.8, 4) is 17.0 Å². The van der Waals surface area contributed by atoms with E-state index in [1.165, 1.54) is 23.8 Å². The highest BCUT2D eigenvalue weighted by Crippen LogP contribution is 2.27. The van der Waals surface area contributed by atoms with E-state index < -0.39 is 0 Å². The first kappa shape index (κ1) is 24.4. The molecule has 182 valence electrons. The molecule has 4 rings (SSSR count). The van der Waals surface area contributed by atoms with Crippen molar-refractivity contribution in [2.45, 2.75) is 46.0 Å². The summed E-state index contributed by atoms with van der Waals surface area (Å²) < 4.78 is 7.47. The fourth-order valence-corrected chi connectivity index (χ4v) is 4.35. The number of aromatic nitrogens is 3. The van der Waals surface area contributed by atoms with Crippen LogP contribution in [0.4, 0.5) is 11.6 Å². The van der Waals surface area contributed by atoms with Gasteiger partial charge in [0, 0.05) is 30.0 Å². The topological polar surface area (TPSA) is 97.6 Å². The molecule has 2 amide bonds. The van der Waals surface area contributed by atoms with E-state index in [0.717, 1.165) is 22.7 Å². The third kappa shape index (κ3) is 6.24. The molecular weight excluding hydrogens is 462 g/mol. The number of ether oxygens (including phenoxy) is 1. The summed E-state index contributed by atoms with van der Waals surface area (Å²) in [4.78, 5) is 28.7. The third-order valence-electron chi connectivity index (χ3n) is 5.37. The summed E-state index contributed by atoms with van der Waals surface area (Å²) in [7, 11) is 0. The molecule has 0 unspecified atom stereocenters. The standard InChI is InChI=1S/C26H29N5O3S/c1-17(32)27-20-11-7-18(8-12-20)22-16-35-25-29-24(30-31(22)25)28-23(33)6-5-15-34-21-13-9-19(10-14-21)26(2,3)4/h7-14,16H,5-6,15H2,1-4H3,(H,27,32)(H,28,30,33). The number of carbonyl (C=O) groups excluding carboxylic acids is 2. The van der Waals surface area contributed by atoms with Gasteiger partial charge in [-0.3, -0.25) is 14.9 Å². The van der Waals surface area contributed by atoms with Crippen LogP contribution in [0.15, 0.2) is 53.9 Å². The largest absolute Gasteiger partial charge is 0.494 e. The minimum atomic E-state index is -0.156. The fraction of sp³-hybridized carbons (Fsp3) is 0.308. The van der Waals surface area contributed by atoms with Gasteiger partial charge in [-0.25, -0.2) is 4.52 Å². The van der Waals surface area contributed by atoms with E-state index in [2.05, 4.69) is 53.6 Å². The van der Waals surface area contributed by atoms with Crippen molar-refractivity contribution < 1.29 is 14.3 Å². The van der Waals surface area contributed by atoms with Gasteiger partial charge in [0.25, 0.3) is 0 Å². The summed E-state index contributed by atoms with van der Waals surface area (Å²) >= 11 is 1.44. The molecule has 2 heterocycles. The summed E-state index contributed by atoms with van der Waals surface area (Å²) in [6, 6.07) is 15.6. The molecule has 0 aliphatic rings. The molecule has 2 aromatic carbocycles. The van der Waals surface area contributed by atoms with Crippen LogP contribution in [0.3, 0.4) is 0 Å². The normalized spacial score (nSPS) is 11.4. The van der Waals surface area contributed by atoms with E-state index in [9.17, 15) is 9.59 Å². The molecule has 2 aromatic heterocycles. The molecule has 0 saturated carbocycles. The molecule has 2 N–H and O–H groups in total. The highest BCUT2D eigenvalue weighted by atomic mass is 32.1.